The molecule has 3 rings (SSSR count). The van der Waals surface area contributed by atoms with Gasteiger partial charge >= 0.3 is 0 Å². The van der Waals surface area contributed by atoms with Crippen molar-refractivity contribution in [2.45, 2.75) is 0 Å². The Kier molecular flexibility index (Phi) is 4.15. The Balaban J connectivity index is 1.55. The normalized spacial score (nSPS) is 12.4. The Bertz CT molecular complexity index is 719. The van der Waals surface area contributed by atoms with Crippen LogP contribution in [0.2, 0.25) is 0 Å². The molecule has 2 aromatic carbocycles. The van der Waals surface area contributed by atoms with Crippen LogP contribution in [0.15, 0.2) is 47.6 Å². The highest BCUT2D eigenvalue weighted by Gasteiger charge is 2.12. The predicted octanol–water partition coefficient (Wildman–Crippen LogP) is 2.87. The molecule has 0 spiro atoms. The molecule has 0 saturated carbocycles. The first-order valence-corrected chi connectivity index (χ1v) is 6.87. The van der Waals surface area contributed by atoms with Crippen molar-refractivity contribution in [3.05, 3.63) is 53.8 Å². The summed E-state index contributed by atoms with van der Waals surface area (Å²) >= 11 is 5.09. The first-order valence-electron chi connectivity index (χ1n) is 6.46. The topological polar surface area (TPSA) is 54.9 Å². The Labute approximate surface area is 131 Å². The zero-order chi connectivity index (χ0) is 15.4. The molecule has 112 valence electrons. The van der Waals surface area contributed by atoms with Gasteiger partial charge in [0.15, 0.2) is 16.6 Å². The molecule has 0 unspecified atom stereocenters. The van der Waals surface area contributed by atoms with Gasteiger partial charge in [0.25, 0.3) is 0 Å². The quantitative estimate of drug-likeness (QED) is 0.518. The average Bonchev–Trinajstić information content (AvgIpc) is 2.97. The van der Waals surface area contributed by atoms with E-state index in [0.29, 0.717) is 16.5 Å². The minimum absolute atomic E-state index is 0.236. The van der Waals surface area contributed by atoms with Crippen LogP contribution in [0.4, 0.5) is 10.1 Å². The smallest absolute Gasteiger partial charge is 0.231 e. The van der Waals surface area contributed by atoms with Gasteiger partial charge < -0.3 is 14.8 Å². The summed E-state index contributed by atoms with van der Waals surface area (Å²) in [4.78, 5) is 0. The fourth-order valence-corrected chi connectivity index (χ4v) is 2.02. The SMILES string of the molecule is Fc1ccc(NC(=S)N/N=C\c2ccc3c(c2)OCO3)cc1. The summed E-state index contributed by atoms with van der Waals surface area (Å²) in [5.74, 6) is 1.11. The molecule has 0 aliphatic carbocycles. The van der Waals surface area contributed by atoms with Gasteiger partial charge in [-0.05, 0) is 60.2 Å². The fraction of sp³-hybridized carbons (Fsp3) is 0.0667. The van der Waals surface area contributed by atoms with Gasteiger partial charge in [0.2, 0.25) is 6.79 Å². The van der Waals surface area contributed by atoms with E-state index in [9.17, 15) is 4.39 Å². The van der Waals surface area contributed by atoms with Crippen LogP contribution in [0.25, 0.3) is 0 Å². The molecule has 1 aliphatic heterocycles. The zero-order valence-electron chi connectivity index (χ0n) is 11.4. The maximum absolute atomic E-state index is 12.8. The maximum atomic E-state index is 12.8. The second-order valence-electron chi connectivity index (χ2n) is 4.44. The number of fused-ring (bicyclic) bond motifs is 1. The standard InChI is InChI=1S/C15H12FN3O2S/c16-11-2-4-12(5-3-11)18-15(22)19-17-8-10-1-6-13-14(7-10)21-9-20-13/h1-8H,9H2,(H2,18,19,22)/b17-8-. The Morgan fingerprint density at radius 2 is 1.91 bits per heavy atom. The second kappa shape index (κ2) is 6.40. The van der Waals surface area contributed by atoms with Crippen LogP contribution in [0.5, 0.6) is 11.5 Å². The summed E-state index contributed by atoms with van der Waals surface area (Å²) in [6.45, 7) is 0.236. The molecule has 0 saturated heterocycles. The van der Waals surface area contributed by atoms with Crippen LogP contribution in [0.3, 0.4) is 0 Å². The van der Waals surface area contributed by atoms with E-state index >= 15 is 0 Å². The zero-order valence-corrected chi connectivity index (χ0v) is 12.2. The van der Waals surface area contributed by atoms with Crippen LogP contribution in [0.1, 0.15) is 5.56 Å². The van der Waals surface area contributed by atoms with Gasteiger partial charge in [0.1, 0.15) is 5.82 Å². The molecular formula is C15H12FN3O2S. The first-order chi connectivity index (χ1) is 10.7. The highest BCUT2D eigenvalue weighted by Crippen LogP contribution is 2.31. The van der Waals surface area contributed by atoms with Gasteiger partial charge in [0, 0.05) is 5.69 Å². The summed E-state index contributed by atoms with van der Waals surface area (Å²) in [5.41, 5.74) is 4.21. The van der Waals surface area contributed by atoms with E-state index in [1.54, 1.807) is 18.3 Å². The van der Waals surface area contributed by atoms with E-state index in [1.807, 2.05) is 18.2 Å². The summed E-state index contributed by atoms with van der Waals surface area (Å²) in [6, 6.07) is 11.4. The molecule has 2 N–H and O–H groups in total. The molecule has 0 aromatic heterocycles. The number of anilines is 1. The third-order valence-corrected chi connectivity index (χ3v) is 3.07. The third-order valence-electron chi connectivity index (χ3n) is 2.88. The Hall–Kier alpha value is -2.67. The number of nitrogens with one attached hydrogen (secondary N) is 2. The molecule has 0 bridgehead atoms. The largest absolute Gasteiger partial charge is 0.454 e. The van der Waals surface area contributed by atoms with Crippen molar-refractivity contribution < 1.29 is 13.9 Å². The van der Waals surface area contributed by atoms with Crippen LogP contribution in [0, 0.1) is 5.82 Å². The lowest BCUT2D eigenvalue weighted by Crippen LogP contribution is -2.23. The summed E-state index contributed by atoms with van der Waals surface area (Å²) in [6.07, 6.45) is 1.61. The van der Waals surface area contributed by atoms with Crippen LogP contribution in [-0.2, 0) is 0 Å². The molecule has 1 aliphatic rings. The number of halogens is 1. The lowest BCUT2D eigenvalue weighted by molar-refractivity contribution is 0.174. The number of ether oxygens (including phenoxy) is 2. The molecule has 0 fully saturated rings. The molecule has 0 radical (unpaired) electrons. The van der Waals surface area contributed by atoms with Crippen molar-refractivity contribution in [3.63, 3.8) is 0 Å². The van der Waals surface area contributed by atoms with Crippen molar-refractivity contribution in [2.24, 2.45) is 5.10 Å². The van der Waals surface area contributed by atoms with E-state index in [-0.39, 0.29) is 12.6 Å². The number of hydrogen-bond donors (Lipinski definition) is 2. The summed E-state index contributed by atoms with van der Waals surface area (Å²) in [7, 11) is 0. The fourth-order valence-electron chi connectivity index (χ4n) is 1.85. The average molecular weight is 317 g/mol. The monoisotopic (exact) mass is 317 g/mol. The Morgan fingerprint density at radius 1 is 1.14 bits per heavy atom. The number of benzene rings is 2. The lowest BCUT2D eigenvalue weighted by Gasteiger charge is -2.06. The molecule has 0 atom stereocenters. The van der Waals surface area contributed by atoms with E-state index < -0.39 is 0 Å². The van der Waals surface area contributed by atoms with E-state index in [4.69, 9.17) is 21.7 Å². The van der Waals surface area contributed by atoms with E-state index in [0.717, 1.165) is 11.3 Å². The first kappa shape index (κ1) is 14.3. The van der Waals surface area contributed by atoms with Gasteiger partial charge in [-0.25, -0.2) is 4.39 Å². The van der Waals surface area contributed by atoms with Crippen molar-refractivity contribution in [2.75, 3.05) is 12.1 Å². The molecule has 22 heavy (non-hydrogen) atoms. The van der Waals surface area contributed by atoms with Crippen molar-refractivity contribution in [3.8, 4) is 11.5 Å². The second-order valence-corrected chi connectivity index (χ2v) is 4.85. The summed E-state index contributed by atoms with van der Waals surface area (Å²) < 4.78 is 23.3. The predicted molar refractivity (Wildman–Crippen MR) is 85.9 cm³/mol. The molecular weight excluding hydrogens is 305 g/mol. The van der Waals surface area contributed by atoms with Crippen LogP contribution in [-0.4, -0.2) is 18.1 Å². The number of rotatable bonds is 3. The van der Waals surface area contributed by atoms with Crippen molar-refractivity contribution in [1.82, 2.24) is 5.43 Å². The number of thiocarbonyl (C=S) groups is 1. The van der Waals surface area contributed by atoms with Gasteiger partial charge in [-0.15, -0.1) is 0 Å². The number of nitrogens with zero attached hydrogens (tertiary/aromatic N) is 1. The van der Waals surface area contributed by atoms with Crippen LogP contribution < -0.4 is 20.2 Å². The van der Waals surface area contributed by atoms with Crippen molar-refractivity contribution in [1.29, 1.82) is 0 Å². The highest BCUT2D eigenvalue weighted by atomic mass is 32.1. The Morgan fingerprint density at radius 3 is 2.73 bits per heavy atom. The molecule has 0 amide bonds. The summed E-state index contributed by atoms with van der Waals surface area (Å²) in [5, 5.41) is 7.23. The third kappa shape index (κ3) is 3.50. The maximum Gasteiger partial charge on any atom is 0.231 e. The minimum Gasteiger partial charge on any atom is -0.454 e. The van der Waals surface area contributed by atoms with Gasteiger partial charge in [-0.1, -0.05) is 0 Å². The van der Waals surface area contributed by atoms with Gasteiger partial charge in [0.05, 0.1) is 6.21 Å². The minimum atomic E-state index is -0.301. The van der Waals surface area contributed by atoms with Gasteiger partial charge in [-0.2, -0.15) is 5.10 Å². The highest BCUT2D eigenvalue weighted by molar-refractivity contribution is 7.80. The molecule has 1 heterocycles. The van der Waals surface area contributed by atoms with Gasteiger partial charge in [-0.3, -0.25) is 5.43 Å². The lowest BCUT2D eigenvalue weighted by atomic mass is 10.2. The van der Waals surface area contributed by atoms with E-state index in [1.165, 1.54) is 12.1 Å². The van der Waals surface area contributed by atoms with Crippen molar-refractivity contribution >= 4 is 29.2 Å². The molecule has 5 nitrogen and oxygen atoms in total. The van der Waals surface area contributed by atoms with E-state index in [2.05, 4.69) is 15.8 Å². The number of hydrogen-bond acceptors (Lipinski definition) is 4. The number of hydrazone groups is 1. The molecule has 7 heteroatoms. The van der Waals surface area contributed by atoms with Crippen LogP contribution >= 0.6 is 12.2 Å². The molecule has 2 aromatic rings.